The molecular formula is C15H22N2O. The Balaban J connectivity index is 2.10. The van der Waals surface area contributed by atoms with E-state index in [2.05, 4.69) is 6.92 Å². The van der Waals surface area contributed by atoms with Crippen LogP contribution in [0.5, 0.6) is 0 Å². The lowest BCUT2D eigenvalue weighted by molar-refractivity contribution is -0.120. The van der Waals surface area contributed by atoms with E-state index in [9.17, 15) is 4.79 Å². The highest BCUT2D eigenvalue weighted by Gasteiger charge is 2.31. The summed E-state index contributed by atoms with van der Waals surface area (Å²) in [5, 5.41) is 0. The van der Waals surface area contributed by atoms with E-state index in [0.717, 1.165) is 49.2 Å². The van der Waals surface area contributed by atoms with Crippen LogP contribution in [0, 0.1) is 12.8 Å². The number of hydrogen-bond acceptors (Lipinski definition) is 2. The molecule has 1 aliphatic heterocycles. The molecule has 0 saturated carbocycles. The standard InChI is InChI=1S/C15H22N2O/c1-3-4-5-12-8-9-17(15(12)18)13-7-6-11(2)14(16)10-13/h6-7,10,12H,3-5,8-9,16H2,1-2H3. The SMILES string of the molecule is CCCCC1CCN(c2ccc(C)c(N)c2)C1=O. The summed E-state index contributed by atoms with van der Waals surface area (Å²) >= 11 is 0. The number of nitrogens with two attached hydrogens (primary N) is 1. The summed E-state index contributed by atoms with van der Waals surface area (Å²) in [5.74, 6) is 0.485. The summed E-state index contributed by atoms with van der Waals surface area (Å²) in [6.45, 7) is 4.97. The molecule has 1 atom stereocenters. The number of nitrogen functional groups attached to an aromatic ring is 1. The maximum atomic E-state index is 12.3. The predicted octanol–water partition coefficient (Wildman–Crippen LogP) is 3.12. The molecule has 1 unspecified atom stereocenters. The van der Waals surface area contributed by atoms with Crippen LogP contribution in [0.2, 0.25) is 0 Å². The summed E-state index contributed by atoms with van der Waals surface area (Å²) < 4.78 is 0. The van der Waals surface area contributed by atoms with Gasteiger partial charge in [-0.2, -0.15) is 0 Å². The Morgan fingerprint density at radius 3 is 2.89 bits per heavy atom. The number of hydrogen-bond donors (Lipinski definition) is 1. The highest BCUT2D eigenvalue weighted by molar-refractivity contribution is 5.97. The average molecular weight is 246 g/mol. The van der Waals surface area contributed by atoms with Gasteiger partial charge in [0.2, 0.25) is 5.91 Å². The van der Waals surface area contributed by atoms with Crippen molar-refractivity contribution in [1.29, 1.82) is 0 Å². The van der Waals surface area contributed by atoms with Crippen LogP contribution in [0.3, 0.4) is 0 Å². The highest BCUT2D eigenvalue weighted by Crippen LogP contribution is 2.30. The molecule has 1 fully saturated rings. The molecule has 1 aromatic rings. The maximum Gasteiger partial charge on any atom is 0.230 e. The second-order valence-electron chi connectivity index (χ2n) is 5.16. The van der Waals surface area contributed by atoms with Crippen molar-refractivity contribution in [2.45, 2.75) is 39.5 Å². The van der Waals surface area contributed by atoms with Crippen molar-refractivity contribution >= 4 is 17.3 Å². The van der Waals surface area contributed by atoms with Gasteiger partial charge in [-0.15, -0.1) is 0 Å². The van der Waals surface area contributed by atoms with E-state index < -0.39 is 0 Å². The van der Waals surface area contributed by atoms with Crippen LogP contribution >= 0.6 is 0 Å². The van der Waals surface area contributed by atoms with Crippen molar-refractivity contribution < 1.29 is 4.79 Å². The predicted molar refractivity (Wildman–Crippen MR) is 75.6 cm³/mol. The van der Waals surface area contributed by atoms with Gasteiger partial charge in [-0.1, -0.05) is 25.8 Å². The van der Waals surface area contributed by atoms with Crippen LogP contribution in [-0.4, -0.2) is 12.5 Å². The first-order valence-electron chi connectivity index (χ1n) is 6.81. The third-order valence-corrected chi connectivity index (χ3v) is 3.80. The number of anilines is 2. The van der Waals surface area contributed by atoms with Crippen LogP contribution < -0.4 is 10.6 Å². The van der Waals surface area contributed by atoms with Gasteiger partial charge in [-0.3, -0.25) is 4.79 Å². The van der Waals surface area contributed by atoms with Gasteiger partial charge in [0.05, 0.1) is 0 Å². The molecule has 0 aromatic heterocycles. The third kappa shape index (κ3) is 2.50. The monoisotopic (exact) mass is 246 g/mol. The fourth-order valence-corrected chi connectivity index (χ4v) is 2.51. The smallest absolute Gasteiger partial charge is 0.230 e. The number of carbonyl (C=O) groups is 1. The molecule has 1 saturated heterocycles. The zero-order valence-corrected chi connectivity index (χ0v) is 11.3. The molecule has 2 N–H and O–H groups in total. The van der Waals surface area contributed by atoms with Crippen molar-refractivity contribution in [3.63, 3.8) is 0 Å². The zero-order chi connectivity index (χ0) is 13.1. The van der Waals surface area contributed by atoms with E-state index in [-0.39, 0.29) is 11.8 Å². The summed E-state index contributed by atoms with van der Waals surface area (Å²) in [6, 6.07) is 5.89. The van der Waals surface area contributed by atoms with E-state index in [1.807, 2.05) is 30.0 Å². The Hall–Kier alpha value is -1.51. The van der Waals surface area contributed by atoms with E-state index in [0.29, 0.717) is 0 Å². The second-order valence-corrected chi connectivity index (χ2v) is 5.16. The average Bonchev–Trinajstić information content (AvgIpc) is 2.72. The third-order valence-electron chi connectivity index (χ3n) is 3.80. The number of amides is 1. The molecule has 2 rings (SSSR count). The fourth-order valence-electron chi connectivity index (χ4n) is 2.51. The second kappa shape index (κ2) is 5.42. The van der Waals surface area contributed by atoms with Gasteiger partial charge >= 0.3 is 0 Å². The lowest BCUT2D eigenvalue weighted by atomic mass is 10.0. The summed E-state index contributed by atoms with van der Waals surface area (Å²) in [4.78, 5) is 14.2. The molecule has 1 amide bonds. The largest absolute Gasteiger partial charge is 0.398 e. The Morgan fingerprint density at radius 1 is 1.44 bits per heavy atom. The first kappa shape index (κ1) is 12.9. The van der Waals surface area contributed by atoms with Gasteiger partial charge < -0.3 is 10.6 Å². The van der Waals surface area contributed by atoms with Crippen LogP contribution in [-0.2, 0) is 4.79 Å². The Bertz CT molecular complexity index is 442. The first-order valence-corrected chi connectivity index (χ1v) is 6.81. The maximum absolute atomic E-state index is 12.3. The molecule has 1 heterocycles. The van der Waals surface area contributed by atoms with Gasteiger partial charge in [-0.05, 0) is 37.5 Å². The van der Waals surface area contributed by atoms with Crippen molar-refractivity contribution in [3.8, 4) is 0 Å². The molecule has 0 radical (unpaired) electrons. The fraction of sp³-hybridized carbons (Fsp3) is 0.533. The van der Waals surface area contributed by atoms with Crippen molar-refractivity contribution in [2.24, 2.45) is 5.92 Å². The Labute approximate surface area is 109 Å². The van der Waals surface area contributed by atoms with E-state index in [1.165, 1.54) is 0 Å². The van der Waals surface area contributed by atoms with Crippen LogP contribution in [0.4, 0.5) is 11.4 Å². The normalized spacial score (nSPS) is 19.6. The quantitative estimate of drug-likeness (QED) is 0.830. The minimum absolute atomic E-state index is 0.215. The number of carbonyl (C=O) groups excluding carboxylic acids is 1. The van der Waals surface area contributed by atoms with Crippen molar-refractivity contribution in [1.82, 2.24) is 0 Å². The van der Waals surface area contributed by atoms with Crippen molar-refractivity contribution in [2.75, 3.05) is 17.2 Å². The molecule has 1 aliphatic rings. The van der Waals surface area contributed by atoms with Crippen LogP contribution in [0.1, 0.15) is 38.2 Å². The van der Waals surface area contributed by atoms with Crippen molar-refractivity contribution in [3.05, 3.63) is 23.8 Å². The van der Waals surface area contributed by atoms with E-state index in [1.54, 1.807) is 0 Å². The minimum atomic E-state index is 0.215. The summed E-state index contributed by atoms with van der Waals surface area (Å²) in [7, 11) is 0. The lowest BCUT2D eigenvalue weighted by Gasteiger charge is -2.18. The molecule has 0 aliphatic carbocycles. The Kier molecular flexibility index (Phi) is 3.90. The first-order chi connectivity index (χ1) is 8.63. The molecule has 0 spiro atoms. The molecule has 1 aromatic carbocycles. The molecular weight excluding hydrogens is 224 g/mol. The molecule has 3 heteroatoms. The molecule has 98 valence electrons. The lowest BCUT2D eigenvalue weighted by Crippen LogP contribution is -2.27. The number of aryl methyl sites for hydroxylation is 1. The van der Waals surface area contributed by atoms with Gasteiger partial charge in [0.25, 0.3) is 0 Å². The number of unbranched alkanes of at least 4 members (excludes halogenated alkanes) is 1. The molecule has 0 bridgehead atoms. The van der Waals surface area contributed by atoms with Gasteiger partial charge in [0.1, 0.15) is 0 Å². The van der Waals surface area contributed by atoms with E-state index in [4.69, 9.17) is 5.73 Å². The number of nitrogens with zero attached hydrogens (tertiary/aromatic N) is 1. The van der Waals surface area contributed by atoms with Gasteiger partial charge in [-0.25, -0.2) is 0 Å². The Morgan fingerprint density at radius 2 is 2.22 bits per heavy atom. The van der Waals surface area contributed by atoms with Gasteiger partial charge in [0.15, 0.2) is 0 Å². The van der Waals surface area contributed by atoms with Gasteiger partial charge in [0, 0.05) is 23.8 Å². The van der Waals surface area contributed by atoms with Crippen LogP contribution in [0.15, 0.2) is 18.2 Å². The number of rotatable bonds is 4. The summed E-state index contributed by atoms with van der Waals surface area (Å²) in [5.41, 5.74) is 8.68. The molecule has 18 heavy (non-hydrogen) atoms. The zero-order valence-electron chi connectivity index (χ0n) is 11.3. The summed E-state index contributed by atoms with van der Waals surface area (Å²) in [6.07, 6.45) is 4.29. The topological polar surface area (TPSA) is 46.3 Å². The van der Waals surface area contributed by atoms with Crippen LogP contribution in [0.25, 0.3) is 0 Å². The molecule has 3 nitrogen and oxygen atoms in total. The number of benzene rings is 1. The van der Waals surface area contributed by atoms with E-state index >= 15 is 0 Å². The minimum Gasteiger partial charge on any atom is -0.398 e. The highest BCUT2D eigenvalue weighted by atomic mass is 16.2.